The van der Waals surface area contributed by atoms with E-state index in [1.807, 2.05) is 0 Å². The van der Waals surface area contributed by atoms with Crippen molar-refractivity contribution in [3.63, 3.8) is 0 Å². The van der Waals surface area contributed by atoms with Gasteiger partial charge in [-0.25, -0.2) is 12.8 Å². The van der Waals surface area contributed by atoms with Crippen LogP contribution in [0.15, 0.2) is 41.3 Å². The van der Waals surface area contributed by atoms with Crippen LogP contribution < -0.4 is 10.6 Å². The summed E-state index contributed by atoms with van der Waals surface area (Å²) in [4.78, 5) is 24.3. The standard InChI is InChI=1S/C20H21ClFN3O4S/c1-23-20(27)15-12-14(6-8-17(15)22)24-19(26)13-5-7-16(21)18(11-13)30(28,29)25-9-3-2-4-10-25/h5-8,11-12H,2-4,9-10H2,1H3,(H,23,27)(H,24,26). The van der Waals surface area contributed by atoms with E-state index in [1.165, 1.54) is 41.7 Å². The van der Waals surface area contributed by atoms with E-state index in [0.29, 0.717) is 13.1 Å². The van der Waals surface area contributed by atoms with Gasteiger partial charge >= 0.3 is 0 Å². The largest absolute Gasteiger partial charge is 0.355 e. The third kappa shape index (κ3) is 4.63. The minimum absolute atomic E-state index is 0.0285. The molecule has 0 radical (unpaired) electrons. The van der Waals surface area contributed by atoms with E-state index >= 15 is 0 Å². The molecule has 0 bridgehead atoms. The summed E-state index contributed by atoms with van der Waals surface area (Å²) in [6.07, 6.45) is 2.52. The Labute approximate surface area is 179 Å². The fourth-order valence-corrected chi connectivity index (χ4v) is 5.22. The summed E-state index contributed by atoms with van der Waals surface area (Å²) in [5.41, 5.74) is 0.0379. The van der Waals surface area contributed by atoms with Crippen molar-refractivity contribution in [1.82, 2.24) is 9.62 Å². The molecule has 0 saturated carbocycles. The minimum Gasteiger partial charge on any atom is -0.355 e. The summed E-state index contributed by atoms with van der Waals surface area (Å²) in [7, 11) is -2.46. The molecule has 2 aromatic rings. The Kier molecular flexibility index (Phi) is 6.74. The molecule has 30 heavy (non-hydrogen) atoms. The van der Waals surface area contributed by atoms with Gasteiger partial charge in [0, 0.05) is 31.4 Å². The molecule has 0 aromatic heterocycles. The van der Waals surface area contributed by atoms with Crippen molar-refractivity contribution in [2.75, 3.05) is 25.5 Å². The molecule has 2 amide bonds. The summed E-state index contributed by atoms with van der Waals surface area (Å²) >= 11 is 6.13. The molecule has 0 aliphatic carbocycles. The van der Waals surface area contributed by atoms with E-state index in [2.05, 4.69) is 10.6 Å². The van der Waals surface area contributed by atoms with Gasteiger partial charge in [-0.15, -0.1) is 0 Å². The number of rotatable bonds is 5. The number of hydrogen-bond acceptors (Lipinski definition) is 4. The van der Waals surface area contributed by atoms with Crippen LogP contribution in [-0.2, 0) is 10.0 Å². The molecule has 1 saturated heterocycles. The van der Waals surface area contributed by atoms with Crippen molar-refractivity contribution in [3.05, 3.63) is 58.4 Å². The molecule has 3 rings (SSSR count). The molecular weight excluding hydrogens is 433 g/mol. The molecule has 2 N–H and O–H groups in total. The number of sulfonamides is 1. The SMILES string of the molecule is CNC(=O)c1cc(NC(=O)c2ccc(Cl)c(S(=O)(=O)N3CCCCC3)c2)ccc1F. The van der Waals surface area contributed by atoms with Gasteiger partial charge in [0.25, 0.3) is 11.8 Å². The molecule has 2 aromatic carbocycles. The van der Waals surface area contributed by atoms with Gasteiger partial charge in [0.2, 0.25) is 10.0 Å². The maximum Gasteiger partial charge on any atom is 0.255 e. The van der Waals surface area contributed by atoms with Crippen LogP contribution in [0.2, 0.25) is 5.02 Å². The van der Waals surface area contributed by atoms with Gasteiger partial charge in [-0.1, -0.05) is 18.0 Å². The molecule has 1 fully saturated rings. The van der Waals surface area contributed by atoms with Crippen LogP contribution in [0.5, 0.6) is 0 Å². The van der Waals surface area contributed by atoms with Crippen LogP contribution in [0.3, 0.4) is 0 Å². The van der Waals surface area contributed by atoms with Crippen molar-refractivity contribution in [3.8, 4) is 0 Å². The zero-order valence-corrected chi connectivity index (χ0v) is 17.8. The summed E-state index contributed by atoms with van der Waals surface area (Å²) in [5.74, 6) is -1.98. The molecular formula is C20H21ClFN3O4S. The first-order chi connectivity index (χ1) is 14.2. The summed E-state index contributed by atoms with van der Waals surface area (Å²) in [6.45, 7) is 0.819. The predicted octanol–water partition coefficient (Wildman–Crippen LogP) is 3.27. The van der Waals surface area contributed by atoms with Gasteiger partial charge in [-0.3, -0.25) is 9.59 Å². The number of hydrogen-bond donors (Lipinski definition) is 2. The smallest absolute Gasteiger partial charge is 0.255 e. The van der Waals surface area contributed by atoms with Crippen LogP contribution >= 0.6 is 11.6 Å². The zero-order valence-electron chi connectivity index (χ0n) is 16.2. The number of nitrogens with zero attached hydrogens (tertiary/aromatic N) is 1. The lowest BCUT2D eigenvalue weighted by molar-refractivity contribution is 0.0957. The number of nitrogens with one attached hydrogen (secondary N) is 2. The molecule has 1 aliphatic heterocycles. The number of anilines is 1. The minimum atomic E-state index is -3.83. The van der Waals surface area contributed by atoms with Crippen molar-refractivity contribution >= 4 is 39.1 Å². The Bertz CT molecular complexity index is 1090. The number of benzene rings is 2. The molecule has 1 aliphatic rings. The lowest BCUT2D eigenvalue weighted by atomic mass is 10.1. The fourth-order valence-electron chi connectivity index (χ4n) is 3.20. The number of piperidine rings is 1. The summed E-state index contributed by atoms with van der Waals surface area (Å²) in [5, 5.41) is 4.89. The molecule has 7 nitrogen and oxygen atoms in total. The monoisotopic (exact) mass is 453 g/mol. The quantitative estimate of drug-likeness (QED) is 0.726. The maximum atomic E-state index is 13.8. The Hall–Kier alpha value is -2.49. The van der Waals surface area contributed by atoms with E-state index in [0.717, 1.165) is 25.3 Å². The number of carbonyl (C=O) groups excluding carboxylic acids is 2. The van der Waals surface area contributed by atoms with E-state index < -0.39 is 27.7 Å². The van der Waals surface area contributed by atoms with Crippen molar-refractivity contribution < 1.29 is 22.4 Å². The number of halogens is 2. The first-order valence-electron chi connectivity index (χ1n) is 9.36. The third-order valence-electron chi connectivity index (χ3n) is 4.82. The second-order valence-corrected chi connectivity index (χ2v) is 9.15. The van der Waals surface area contributed by atoms with E-state index in [4.69, 9.17) is 11.6 Å². The average molecular weight is 454 g/mol. The highest BCUT2D eigenvalue weighted by Crippen LogP contribution is 2.28. The Balaban J connectivity index is 1.87. The van der Waals surface area contributed by atoms with Gasteiger partial charge in [-0.05, 0) is 49.2 Å². The second-order valence-electron chi connectivity index (χ2n) is 6.84. The summed E-state index contributed by atoms with van der Waals surface area (Å²) in [6, 6.07) is 7.55. The molecule has 0 spiro atoms. The Morgan fingerprint density at radius 1 is 1.03 bits per heavy atom. The van der Waals surface area contributed by atoms with Crippen LogP contribution in [0.1, 0.15) is 40.0 Å². The maximum absolute atomic E-state index is 13.8. The fraction of sp³-hybridized carbons (Fsp3) is 0.300. The topological polar surface area (TPSA) is 95.6 Å². The number of amides is 2. The molecule has 160 valence electrons. The highest BCUT2D eigenvalue weighted by Gasteiger charge is 2.28. The second kappa shape index (κ2) is 9.11. The van der Waals surface area contributed by atoms with E-state index in [-0.39, 0.29) is 26.7 Å². The highest BCUT2D eigenvalue weighted by molar-refractivity contribution is 7.89. The van der Waals surface area contributed by atoms with Gasteiger partial charge in [0.05, 0.1) is 10.6 Å². The zero-order chi connectivity index (χ0) is 21.9. The van der Waals surface area contributed by atoms with Crippen LogP contribution in [-0.4, -0.2) is 44.7 Å². The number of carbonyl (C=O) groups is 2. The lowest BCUT2D eigenvalue weighted by Crippen LogP contribution is -2.35. The van der Waals surface area contributed by atoms with Crippen LogP contribution in [0.25, 0.3) is 0 Å². The molecule has 0 atom stereocenters. The first kappa shape index (κ1) is 22.2. The molecule has 0 unspecified atom stereocenters. The Morgan fingerprint density at radius 3 is 2.40 bits per heavy atom. The predicted molar refractivity (Wildman–Crippen MR) is 112 cm³/mol. The van der Waals surface area contributed by atoms with Gasteiger partial charge in [-0.2, -0.15) is 4.31 Å². The van der Waals surface area contributed by atoms with Crippen LogP contribution in [0, 0.1) is 5.82 Å². The lowest BCUT2D eigenvalue weighted by Gasteiger charge is -2.26. The average Bonchev–Trinajstić information content (AvgIpc) is 2.75. The van der Waals surface area contributed by atoms with E-state index in [9.17, 15) is 22.4 Å². The first-order valence-corrected chi connectivity index (χ1v) is 11.2. The summed E-state index contributed by atoms with van der Waals surface area (Å²) < 4.78 is 41.1. The Morgan fingerprint density at radius 2 is 1.73 bits per heavy atom. The molecule has 1 heterocycles. The van der Waals surface area contributed by atoms with Gasteiger partial charge < -0.3 is 10.6 Å². The van der Waals surface area contributed by atoms with Gasteiger partial charge in [0.1, 0.15) is 10.7 Å². The normalized spacial score (nSPS) is 14.9. The third-order valence-corrected chi connectivity index (χ3v) is 7.20. The van der Waals surface area contributed by atoms with Crippen molar-refractivity contribution in [1.29, 1.82) is 0 Å². The molecule has 10 heteroatoms. The van der Waals surface area contributed by atoms with Gasteiger partial charge in [0.15, 0.2) is 0 Å². The van der Waals surface area contributed by atoms with E-state index in [1.54, 1.807) is 0 Å². The van der Waals surface area contributed by atoms with Crippen molar-refractivity contribution in [2.24, 2.45) is 0 Å². The van der Waals surface area contributed by atoms with Crippen molar-refractivity contribution in [2.45, 2.75) is 24.2 Å². The van der Waals surface area contributed by atoms with Crippen LogP contribution in [0.4, 0.5) is 10.1 Å². The highest BCUT2D eigenvalue weighted by atomic mass is 35.5.